The summed E-state index contributed by atoms with van der Waals surface area (Å²) in [6.45, 7) is 5.65. The molecule has 1 aromatic heterocycles. The summed E-state index contributed by atoms with van der Waals surface area (Å²) in [5, 5.41) is 2.01. The molecule has 0 saturated carbocycles. The summed E-state index contributed by atoms with van der Waals surface area (Å²) in [5.41, 5.74) is 1.61. The summed E-state index contributed by atoms with van der Waals surface area (Å²) in [4.78, 5) is 31.5. The Hall–Kier alpha value is -2.84. The summed E-state index contributed by atoms with van der Waals surface area (Å²) >= 11 is 5.06. The zero-order valence-corrected chi connectivity index (χ0v) is 23.6. The number of methoxy groups -OCH3 is 2. The van der Waals surface area contributed by atoms with Crippen LogP contribution < -0.4 is 9.47 Å². The van der Waals surface area contributed by atoms with E-state index in [0.717, 1.165) is 14.9 Å². The van der Waals surface area contributed by atoms with Gasteiger partial charge in [-0.2, -0.15) is 0 Å². The Morgan fingerprint density at radius 1 is 0.972 bits per heavy atom. The molecule has 36 heavy (non-hydrogen) atoms. The molecule has 1 heterocycles. The second-order valence-electron chi connectivity index (χ2n) is 8.92. The average molecular weight is 574 g/mol. The number of nitrogens with zero attached hydrogens (tertiary/aromatic N) is 2. The SMILES string of the molecule is COc1ccc(CCN(Cc2cccs2)C(=O)CN(CC(C)C)C(=O)c2cccc(Br)c2)cc1OC. The lowest BCUT2D eigenvalue weighted by molar-refractivity contribution is -0.132. The second-order valence-corrected chi connectivity index (χ2v) is 10.9. The molecule has 0 saturated heterocycles. The predicted molar refractivity (Wildman–Crippen MR) is 148 cm³/mol. The van der Waals surface area contributed by atoms with E-state index in [1.165, 1.54) is 0 Å². The van der Waals surface area contributed by atoms with Crippen molar-refractivity contribution in [1.82, 2.24) is 9.80 Å². The van der Waals surface area contributed by atoms with Gasteiger partial charge in [0.05, 0.1) is 20.8 Å². The number of amides is 2. The van der Waals surface area contributed by atoms with Gasteiger partial charge < -0.3 is 19.3 Å². The van der Waals surface area contributed by atoms with Crippen LogP contribution in [0.4, 0.5) is 0 Å². The Balaban J connectivity index is 1.78. The van der Waals surface area contributed by atoms with Crippen molar-refractivity contribution >= 4 is 39.1 Å². The van der Waals surface area contributed by atoms with Gasteiger partial charge in [-0.25, -0.2) is 0 Å². The predicted octanol–water partition coefficient (Wildman–Crippen LogP) is 5.90. The fraction of sp³-hybridized carbons (Fsp3) is 0.357. The summed E-state index contributed by atoms with van der Waals surface area (Å²) in [5.74, 6) is 1.34. The number of hydrogen-bond donors (Lipinski definition) is 0. The first-order chi connectivity index (χ1) is 17.3. The molecule has 2 amide bonds. The molecule has 0 radical (unpaired) electrons. The molecule has 3 rings (SSSR count). The molecule has 3 aromatic rings. The minimum Gasteiger partial charge on any atom is -0.493 e. The molecule has 8 heteroatoms. The Morgan fingerprint density at radius 3 is 2.39 bits per heavy atom. The van der Waals surface area contributed by atoms with E-state index >= 15 is 0 Å². The summed E-state index contributed by atoms with van der Waals surface area (Å²) in [7, 11) is 3.22. The molecule has 0 spiro atoms. The molecule has 0 fully saturated rings. The van der Waals surface area contributed by atoms with Crippen molar-refractivity contribution in [3.63, 3.8) is 0 Å². The monoisotopic (exact) mass is 572 g/mol. The van der Waals surface area contributed by atoms with Gasteiger partial charge in [0.1, 0.15) is 6.54 Å². The quantitative estimate of drug-likeness (QED) is 0.271. The Morgan fingerprint density at radius 2 is 1.75 bits per heavy atom. The Bertz CT molecular complexity index is 1150. The van der Waals surface area contributed by atoms with E-state index in [1.54, 1.807) is 42.6 Å². The highest BCUT2D eigenvalue weighted by Crippen LogP contribution is 2.28. The van der Waals surface area contributed by atoms with Gasteiger partial charge in [-0.3, -0.25) is 9.59 Å². The molecule has 0 aliphatic rings. The van der Waals surface area contributed by atoms with Gasteiger partial charge in [0.2, 0.25) is 5.91 Å². The van der Waals surface area contributed by atoms with Gasteiger partial charge in [0, 0.05) is 28.0 Å². The Kier molecular flexibility index (Phi) is 10.4. The van der Waals surface area contributed by atoms with Crippen LogP contribution in [0.25, 0.3) is 0 Å². The van der Waals surface area contributed by atoms with Crippen LogP contribution in [-0.2, 0) is 17.8 Å². The highest BCUT2D eigenvalue weighted by molar-refractivity contribution is 9.10. The van der Waals surface area contributed by atoms with Crippen molar-refractivity contribution in [1.29, 1.82) is 0 Å². The van der Waals surface area contributed by atoms with Gasteiger partial charge in [0.25, 0.3) is 5.91 Å². The number of halogens is 1. The van der Waals surface area contributed by atoms with E-state index in [1.807, 2.05) is 66.6 Å². The van der Waals surface area contributed by atoms with Crippen LogP contribution in [-0.4, -0.2) is 55.5 Å². The third-order valence-electron chi connectivity index (χ3n) is 5.67. The van der Waals surface area contributed by atoms with Crippen LogP contribution >= 0.6 is 27.3 Å². The topological polar surface area (TPSA) is 59.1 Å². The first kappa shape index (κ1) is 27.7. The number of hydrogen-bond acceptors (Lipinski definition) is 5. The number of carbonyl (C=O) groups is 2. The lowest BCUT2D eigenvalue weighted by Crippen LogP contribution is -2.44. The second kappa shape index (κ2) is 13.5. The molecule has 0 N–H and O–H groups in total. The third kappa shape index (κ3) is 7.83. The molecular formula is C28H33BrN2O4S. The lowest BCUT2D eigenvalue weighted by atomic mass is 10.1. The van der Waals surface area contributed by atoms with Gasteiger partial charge in [-0.15, -0.1) is 11.3 Å². The number of carbonyl (C=O) groups excluding carboxylic acids is 2. The lowest BCUT2D eigenvalue weighted by Gasteiger charge is -2.29. The Labute approximate surface area is 226 Å². The van der Waals surface area contributed by atoms with Crippen molar-refractivity contribution in [2.24, 2.45) is 5.92 Å². The van der Waals surface area contributed by atoms with E-state index in [9.17, 15) is 9.59 Å². The smallest absolute Gasteiger partial charge is 0.254 e. The first-order valence-electron chi connectivity index (χ1n) is 11.9. The molecular weight excluding hydrogens is 540 g/mol. The van der Waals surface area contributed by atoms with Crippen molar-refractivity contribution in [3.8, 4) is 11.5 Å². The molecule has 0 aliphatic heterocycles. The number of rotatable bonds is 12. The number of benzene rings is 2. The van der Waals surface area contributed by atoms with Crippen LogP contribution in [0.5, 0.6) is 11.5 Å². The van der Waals surface area contributed by atoms with Crippen molar-refractivity contribution in [2.75, 3.05) is 33.9 Å². The van der Waals surface area contributed by atoms with Crippen LogP contribution in [0, 0.1) is 5.92 Å². The van der Waals surface area contributed by atoms with Gasteiger partial charge in [-0.05, 0) is 59.7 Å². The molecule has 192 valence electrons. The van der Waals surface area contributed by atoms with E-state index < -0.39 is 0 Å². The largest absolute Gasteiger partial charge is 0.493 e. The van der Waals surface area contributed by atoms with Crippen LogP contribution in [0.15, 0.2) is 64.5 Å². The molecule has 0 bridgehead atoms. The van der Waals surface area contributed by atoms with E-state index in [4.69, 9.17) is 9.47 Å². The van der Waals surface area contributed by atoms with Crippen LogP contribution in [0.1, 0.15) is 34.6 Å². The average Bonchev–Trinajstić information content (AvgIpc) is 3.38. The maximum atomic E-state index is 13.6. The van der Waals surface area contributed by atoms with Crippen LogP contribution in [0.2, 0.25) is 0 Å². The third-order valence-corrected chi connectivity index (χ3v) is 7.02. The minimum atomic E-state index is -0.144. The number of thiophene rings is 1. The van der Waals surface area contributed by atoms with Gasteiger partial charge in [-0.1, -0.05) is 48.0 Å². The molecule has 2 aromatic carbocycles. The van der Waals surface area contributed by atoms with E-state index in [0.29, 0.717) is 43.1 Å². The number of ether oxygens (including phenoxy) is 2. The summed E-state index contributed by atoms with van der Waals surface area (Å²) in [6.07, 6.45) is 0.654. The maximum Gasteiger partial charge on any atom is 0.254 e. The normalized spacial score (nSPS) is 10.8. The van der Waals surface area contributed by atoms with Gasteiger partial charge in [0.15, 0.2) is 11.5 Å². The molecule has 0 unspecified atom stereocenters. The standard InChI is InChI=1S/C28H33BrN2O4S/c1-20(2)17-31(28(33)22-7-5-8-23(29)16-22)19-27(32)30(18-24-9-6-14-36-24)13-12-21-10-11-25(34-3)26(15-21)35-4/h5-11,14-16,20H,12-13,17-19H2,1-4H3. The van der Waals surface area contributed by atoms with Crippen molar-refractivity contribution in [2.45, 2.75) is 26.8 Å². The summed E-state index contributed by atoms with van der Waals surface area (Å²) < 4.78 is 11.6. The van der Waals surface area contributed by atoms with Crippen molar-refractivity contribution < 1.29 is 19.1 Å². The van der Waals surface area contributed by atoms with Crippen molar-refractivity contribution in [3.05, 3.63) is 80.5 Å². The molecule has 6 nitrogen and oxygen atoms in total. The fourth-order valence-electron chi connectivity index (χ4n) is 3.91. The fourth-order valence-corrected chi connectivity index (χ4v) is 5.03. The van der Waals surface area contributed by atoms with E-state index in [-0.39, 0.29) is 24.3 Å². The molecule has 0 aliphatic carbocycles. The highest BCUT2D eigenvalue weighted by Gasteiger charge is 2.24. The van der Waals surface area contributed by atoms with Gasteiger partial charge >= 0.3 is 0 Å². The minimum absolute atomic E-state index is 0.0286. The van der Waals surface area contributed by atoms with E-state index in [2.05, 4.69) is 15.9 Å². The maximum absolute atomic E-state index is 13.6. The highest BCUT2D eigenvalue weighted by atomic mass is 79.9. The first-order valence-corrected chi connectivity index (χ1v) is 13.5. The van der Waals surface area contributed by atoms with Crippen LogP contribution in [0.3, 0.4) is 0 Å². The molecule has 0 atom stereocenters. The summed E-state index contributed by atoms with van der Waals surface area (Å²) in [6, 6.07) is 17.1. The zero-order valence-electron chi connectivity index (χ0n) is 21.2. The zero-order chi connectivity index (χ0) is 26.1.